The Bertz CT molecular complexity index is 871. The summed E-state index contributed by atoms with van der Waals surface area (Å²) in [6.07, 6.45) is 1.17. The zero-order chi connectivity index (χ0) is 21.2. The summed E-state index contributed by atoms with van der Waals surface area (Å²) in [5, 5.41) is 19.8. The van der Waals surface area contributed by atoms with Crippen LogP contribution in [0.1, 0.15) is 40.6 Å². The van der Waals surface area contributed by atoms with E-state index in [1.54, 1.807) is 30.4 Å². The molecule has 7 heteroatoms. The van der Waals surface area contributed by atoms with Crippen LogP contribution in [-0.4, -0.2) is 34.4 Å². The van der Waals surface area contributed by atoms with Crippen LogP contribution in [0.4, 0.5) is 0 Å². The van der Waals surface area contributed by atoms with Gasteiger partial charge in [0.05, 0.1) is 18.2 Å². The Morgan fingerprint density at radius 2 is 1.97 bits per heavy atom. The average molecular weight is 418 g/mol. The summed E-state index contributed by atoms with van der Waals surface area (Å²) in [7, 11) is 0. The molecule has 1 unspecified atom stereocenters. The second-order valence-electron chi connectivity index (χ2n) is 6.40. The van der Waals surface area contributed by atoms with Gasteiger partial charge in [-0.25, -0.2) is 4.98 Å². The minimum atomic E-state index is -0.274. The van der Waals surface area contributed by atoms with Crippen LogP contribution in [0.5, 0.6) is 5.75 Å². The molecule has 0 saturated carbocycles. The van der Waals surface area contributed by atoms with E-state index >= 15 is 0 Å². The molecule has 3 aromatic rings. The topological polar surface area (TPSA) is 92.8 Å². The summed E-state index contributed by atoms with van der Waals surface area (Å²) in [6, 6.07) is 10.8. The van der Waals surface area contributed by atoms with E-state index < -0.39 is 0 Å². The lowest BCUT2D eigenvalue weighted by molar-refractivity contribution is -0.144. The quantitative estimate of drug-likeness (QED) is 0.561. The van der Waals surface area contributed by atoms with Gasteiger partial charge in [-0.3, -0.25) is 4.79 Å². The van der Waals surface area contributed by atoms with E-state index in [-0.39, 0.29) is 24.2 Å². The van der Waals surface area contributed by atoms with Crippen LogP contribution in [0.15, 0.2) is 46.2 Å². The Hall–Kier alpha value is -2.64. The van der Waals surface area contributed by atoms with Gasteiger partial charge in [-0.2, -0.15) is 0 Å². The van der Waals surface area contributed by atoms with Crippen molar-refractivity contribution in [2.75, 3.05) is 13.2 Å². The maximum atomic E-state index is 12.0. The molecule has 0 radical (unpaired) electrons. The second-order valence-corrected chi connectivity index (χ2v) is 7.38. The highest BCUT2D eigenvalue weighted by Crippen LogP contribution is 2.27. The van der Waals surface area contributed by atoms with Crippen LogP contribution in [0, 0.1) is 13.8 Å². The Labute approximate surface area is 174 Å². The molecular weight excluding hydrogens is 390 g/mol. The number of aromatic nitrogens is 1. The van der Waals surface area contributed by atoms with E-state index in [1.165, 1.54) is 0 Å². The van der Waals surface area contributed by atoms with Gasteiger partial charge >= 0.3 is 5.97 Å². The minimum absolute atomic E-state index is 0.132. The number of aryl methyl sites for hydroxylation is 2. The monoisotopic (exact) mass is 417 g/mol. The highest BCUT2D eigenvalue weighted by atomic mass is 32.1. The lowest BCUT2D eigenvalue weighted by atomic mass is 9.98. The van der Waals surface area contributed by atoms with Crippen molar-refractivity contribution in [2.45, 2.75) is 39.5 Å². The number of aromatic hydroxyl groups is 1. The van der Waals surface area contributed by atoms with Gasteiger partial charge in [-0.15, -0.1) is 11.3 Å². The van der Waals surface area contributed by atoms with E-state index in [0.717, 1.165) is 21.9 Å². The average Bonchev–Trinajstić information content (AvgIpc) is 3.32. The van der Waals surface area contributed by atoms with Crippen LogP contribution >= 0.6 is 11.3 Å². The van der Waals surface area contributed by atoms with Crippen molar-refractivity contribution in [3.63, 3.8) is 0 Å². The number of esters is 1. The molecule has 3 rings (SSSR count). The number of hydrogen-bond donors (Lipinski definition) is 2. The highest BCUT2D eigenvalue weighted by Gasteiger charge is 2.23. The van der Waals surface area contributed by atoms with Crippen LogP contribution < -0.4 is 0 Å². The molecule has 0 amide bonds. The minimum Gasteiger partial charge on any atom is -0.508 e. The molecule has 0 aliphatic rings. The molecule has 6 nitrogen and oxygen atoms in total. The maximum Gasteiger partial charge on any atom is 0.314 e. The lowest BCUT2D eigenvalue weighted by Crippen LogP contribution is -2.17. The molecular formula is C22H27NO5S. The van der Waals surface area contributed by atoms with Gasteiger partial charge in [0, 0.05) is 24.8 Å². The number of rotatable bonds is 7. The van der Waals surface area contributed by atoms with Crippen LogP contribution in [0.3, 0.4) is 0 Å². The van der Waals surface area contributed by atoms with Crippen molar-refractivity contribution < 1.29 is 24.2 Å². The fourth-order valence-electron chi connectivity index (χ4n) is 2.81. The Balaban J connectivity index is 0.000000253. The molecule has 0 aliphatic carbocycles. The number of oxazole rings is 1. The number of thiophene rings is 1. The Morgan fingerprint density at radius 1 is 1.24 bits per heavy atom. The van der Waals surface area contributed by atoms with Gasteiger partial charge in [0.25, 0.3) is 0 Å². The molecule has 2 aromatic heterocycles. The maximum absolute atomic E-state index is 12.0. The van der Waals surface area contributed by atoms with E-state index in [1.807, 2.05) is 43.5 Å². The molecule has 0 aliphatic heterocycles. The second kappa shape index (κ2) is 11.4. The molecule has 0 spiro atoms. The molecule has 0 bridgehead atoms. The first-order valence-electron chi connectivity index (χ1n) is 9.46. The zero-order valence-corrected chi connectivity index (χ0v) is 17.7. The predicted octanol–water partition coefficient (Wildman–Crippen LogP) is 4.17. The van der Waals surface area contributed by atoms with Gasteiger partial charge < -0.3 is 19.4 Å². The number of nitrogens with zero attached hydrogens (tertiary/aromatic N) is 1. The predicted molar refractivity (Wildman–Crippen MR) is 112 cm³/mol. The third-order valence-electron chi connectivity index (χ3n) is 4.18. The summed E-state index contributed by atoms with van der Waals surface area (Å²) >= 11 is 1.56. The SMILES string of the molecule is CCOC(=O)C(Cc1ccc(O)cc1)c1cccs1.Cc1nc(CCO)c(C)o1. The van der Waals surface area contributed by atoms with Crippen molar-refractivity contribution in [3.8, 4) is 5.75 Å². The van der Waals surface area contributed by atoms with Crippen LogP contribution in [0.2, 0.25) is 0 Å². The van der Waals surface area contributed by atoms with Gasteiger partial charge in [-0.1, -0.05) is 18.2 Å². The summed E-state index contributed by atoms with van der Waals surface area (Å²) in [6.45, 7) is 5.98. The first-order valence-corrected chi connectivity index (χ1v) is 10.3. The molecule has 1 aromatic carbocycles. The number of benzene rings is 1. The molecule has 0 fully saturated rings. The van der Waals surface area contributed by atoms with Gasteiger partial charge in [0.1, 0.15) is 11.5 Å². The molecule has 0 saturated heterocycles. The van der Waals surface area contributed by atoms with Crippen molar-refractivity contribution in [3.05, 3.63) is 69.6 Å². The zero-order valence-electron chi connectivity index (χ0n) is 16.9. The number of hydrogen-bond acceptors (Lipinski definition) is 7. The van der Waals surface area contributed by atoms with Crippen molar-refractivity contribution in [1.29, 1.82) is 0 Å². The smallest absolute Gasteiger partial charge is 0.314 e. The van der Waals surface area contributed by atoms with Crippen molar-refractivity contribution >= 4 is 17.3 Å². The lowest BCUT2D eigenvalue weighted by Gasteiger charge is -2.14. The molecule has 29 heavy (non-hydrogen) atoms. The number of phenolic OH excluding ortho intramolecular Hbond substituents is 1. The molecule has 156 valence electrons. The Kier molecular flexibility index (Phi) is 8.89. The van der Waals surface area contributed by atoms with Gasteiger partial charge in [-0.05, 0) is 49.4 Å². The van der Waals surface area contributed by atoms with Gasteiger partial charge in [0.2, 0.25) is 0 Å². The highest BCUT2D eigenvalue weighted by molar-refractivity contribution is 7.10. The largest absolute Gasteiger partial charge is 0.508 e. The summed E-state index contributed by atoms with van der Waals surface area (Å²) in [5.41, 5.74) is 1.87. The molecule has 2 heterocycles. The Morgan fingerprint density at radius 3 is 2.48 bits per heavy atom. The first-order chi connectivity index (χ1) is 13.9. The number of carbonyl (C=O) groups excluding carboxylic acids is 1. The normalized spacial score (nSPS) is 11.4. The fourth-order valence-corrected chi connectivity index (χ4v) is 3.63. The third kappa shape index (κ3) is 7.03. The summed E-state index contributed by atoms with van der Waals surface area (Å²) in [5.74, 6) is 1.24. The summed E-state index contributed by atoms with van der Waals surface area (Å²) < 4.78 is 10.3. The van der Waals surface area contributed by atoms with E-state index in [2.05, 4.69) is 4.98 Å². The van der Waals surface area contributed by atoms with Crippen molar-refractivity contribution in [2.24, 2.45) is 0 Å². The number of aliphatic hydroxyl groups is 1. The van der Waals surface area contributed by atoms with Gasteiger partial charge in [0.15, 0.2) is 5.89 Å². The van der Waals surface area contributed by atoms with E-state index in [9.17, 15) is 9.90 Å². The number of carbonyl (C=O) groups is 1. The molecule has 2 N–H and O–H groups in total. The third-order valence-corrected chi connectivity index (χ3v) is 5.17. The van der Waals surface area contributed by atoms with Crippen LogP contribution in [0.25, 0.3) is 0 Å². The van der Waals surface area contributed by atoms with E-state index in [4.69, 9.17) is 14.3 Å². The standard InChI is InChI=1S/C15H16O3S.C7H11NO2/c1-2-18-15(17)13(14-4-3-9-19-14)10-11-5-7-12(16)8-6-11;1-5-7(3-4-9)8-6(2)10-5/h3-9,13,16H,2,10H2,1H3;9H,3-4H2,1-2H3. The van der Waals surface area contributed by atoms with Crippen LogP contribution in [-0.2, 0) is 22.4 Å². The van der Waals surface area contributed by atoms with Crippen molar-refractivity contribution in [1.82, 2.24) is 4.98 Å². The summed E-state index contributed by atoms with van der Waals surface area (Å²) in [4.78, 5) is 17.1. The number of aliphatic hydroxyl groups excluding tert-OH is 1. The fraction of sp³-hybridized carbons (Fsp3) is 0.364. The molecule has 1 atom stereocenters. The van der Waals surface area contributed by atoms with E-state index in [0.29, 0.717) is 25.3 Å². The number of phenols is 1. The number of ether oxygens (including phenoxy) is 1. The first kappa shape index (κ1) is 22.6.